The Bertz CT molecular complexity index is 692. The predicted octanol–water partition coefficient (Wildman–Crippen LogP) is 4.32. The molecule has 0 bridgehead atoms. The normalized spacial score (nSPS) is 11.2. The van der Waals surface area contributed by atoms with Crippen molar-refractivity contribution in [2.24, 2.45) is 0 Å². The fraction of sp³-hybridized carbons (Fsp3) is 0.0833. The monoisotopic (exact) mass is 362 g/mol. The second-order valence-electron chi connectivity index (χ2n) is 3.85. The number of pyridine rings is 1. The minimum absolute atomic E-state index is 0.0455. The van der Waals surface area contributed by atoms with Crippen LogP contribution in [0.5, 0.6) is 5.75 Å². The molecule has 0 saturated carbocycles. The third kappa shape index (κ3) is 3.91. The SMILES string of the molecule is O=[N+]([O-])c1cc(Br)cnc1-c1cccc(OC(F)(F)F)c1. The van der Waals surface area contributed by atoms with Crippen molar-refractivity contribution in [3.8, 4) is 17.0 Å². The Labute approximate surface area is 124 Å². The Balaban J connectivity index is 2.48. The van der Waals surface area contributed by atoms with Gasteiger partial charge in [0.1, 0.15) is 11.4 Å². The molecule has 21 heavy (non-hydrogen) atoms. The molecule has 1 aromatic carbocycles. The van der Waals surface area contributed by atoms with Gasteiger partial charge in [-0.3, -0.25) is 10.1 Å². The highest BCUT2D eigenvalue weighted by Crippen LogP contribution is 2.33. The smallest absolute Gasteiger partial charge is 0.406 e. The second kappa shape index (κ2) is 5.68. The highest BCUT2D eigenvalue weighted by atomic mass is 79.9. The predicted molar refractivity (Wildman–Crippen MR) is 70.7 cm³/mol. The van der Waals surface area contributed by atoms with Crippen LogP contribution in [0.15, 0.2) is 41.0 Å². The number of alkyl halides is 3. The van der Waals surface area contributed by atoms with Crippen molar-refractivity contribution < 1.29 is 22.8 Å². The molecule has 0 fully saturated rings. The van der Waals surface area contributed by atoms with E-state index in [1.54, 1.807) is 0 Å². The number of rotatable bonds is 3. The van der Waals surface area contributed by atoms with E-state index in [0.29, 0.717) is 4.47 Å². The summed E-state index contributed by atoms with van der Waals surface area (Å²) in [7, 11) is 0. The maximum Gasteiger partial charge on any atom is 0.573 e. The summed E-state index contributed by atoms with van der Waals surface area (Å²) in [5, 5.41) is 11.0. The van der Waals surface area contributed by atoms with Gasteiger partial charge in [0.25, 0.3) is 5.69 Å². The molecule has 0 saturated heterocycles. The molecule has 0 radical (unpaired) electrons. The van der Waals surface area contributed by atoms with Gasteiger partial charge in [0.05, 0.1) is 4.92 Å². The average Bonchev–Trinajstić information content (AvgIpc) is 2.36. The molecule has 0 amide bonds. The molecule has 1 heterocycles. The van der Waals surface area contributed by atoms with Gasteiger partial charge >= 0.3 is 6.36 Å². The Morgan fingerprint density at radius 3 is 2.62 bits per heavy atom. The molecule has 0 atom stereocenters. The van der Waals surface area contributed by atoms with Gasteiger partial charge in [-0.25, -0.2) is 4.98 Å². The lowest BCUT2D eigenvalue weighted by molar-refractivity contribution is -0.384. The Morgan fingerprint density at radius 1 is 1.29 bits per heavy atom. The van der Waals surface area contributed by atoms with Gasteiger partial charge in [0.2, 0.25) is 0 Å². The highest BCUT2D eigenvalue weighted by Gasteiger charge is 2.31. The maximum absolute atomic E-state index is 12.2. The fourth-order valence-corrected chi connectivity index (χ4v) is 1.95. The summed E-state index contributed by atoms with van der Waals surface area (Å²) in [6.07, 6.45) is -3.52. The van der Waals surface area contributed by atoms with Crippen molar-refractivity contribution in [2.75, 3.05) is 0 Å². The Kier molecular flexibility index (Phi) is 4.12. The van der Waals surface area contributed by atoms with Gasteiger partial charge in [-0.15, -0.1) is 13.2 Å². The summed E-state index contributed by atoms with van der Waals surface area (Å²) in [6.45, 7) is 0. The van der Waals surface area contributed by atoms with E-state index in [2.05, 4.69) is 25.7 Å². The van der Waals surface area contributed by atoms with Crippen molar-refractivity contribution in [1.29, 1.82) is 0 Å². The molecule has 5 nitrogen and oxygen atoms in total. The van der Waals surface area contributed by atoms with Crippen molar-refractivity contribution >= 4 is 21.6 Å². The van der Waals surface area contributed by atoms with E-state index in [0.717, 1.165) is 12.1 Å². The molecule has 9 heteroatoms. The van der Waals surface area contributed by atoms with Crippen LogP contribution in [0.3, 0.4) is 0 Å². The molecule has 0 aliphatic rings. The first-order chi connectivity index (χ1) is 9.76. The number of nitrogens with zero attached hydrogens (tertiary/aromatic N) is 2. The quantitative estimate of drug-likeness (QED) is 0.602. The zero-order valence-corrected chi connectivity index (χ0v) is 11.7. The molecule has 0 aliphatic heterocycles. The van der Waals surface area contributed by atoms with Crippen LogP contribution in [0, 0.1) is 10.1 Å². The first-order valence-corrected chi connectivity index (χ1v) is 6.22. The molecule has 110 valence electrons. The second-order valence-corrected chi connectivity index (χ2v) is 4.77. The Hall–Kier alpha value is -2.16. The number of benzene rings is 1. The number of halogens is 4. The highest BCUT2D eigenvalue weighted by molar-refractivity contribution is 9.10. The van der Waals surface area contributed by atoms with Crippen LogP contribution >= 0.6 is 15.9 Å². The van der Waals surface area contributed by atoms with Gasteiger partial charge < -0.3 is 4.74 Å². The van der Waals surface area contributed by atoms with E-state index in [1.165, 1.54) is 24.4 Å². The number of aromatic nitrogens is 1. The van der Waals surface area contributed by atoms with E-state index in [4.69, 9.17) is 0 Å². The van der Waals surface area contributed by atoms with E-state index >= 15 is 0 Å². The zero-order valence-electron chi connectivity index (χ0n) is 10.1. The number of ether oxygens (including phenoxy) is 1. The first-order valence-electron chi connectivity index (χ1n) is 5.42. The average molecular weight is 363 g/mol. The Morgan fingerprint density at radius 2 is 2.00 bits per heavy atom. The van der Waals surface area contributed by atoms with Crippen LogP contribution in [0.2, 0.25) is 0 Å². The molecule has 2 rings (SSSR count). The van der Waals surface area contributed by atoms with E-state index in [1.807, 2.05) is 0 Å². The third-order valence-corrected chi connectivity index (χ3v) is 2.81. The minimum atomic E-state index is -4.84. The van der Waals surface area contributed by atoms with Gasteiger partial charge in [-0.2, -0.15) is 0 Å². The summed E-state index contributed by atoms with van der Waals surface area (Å²) in [4.78, 5) is 14.2. The van der Waals surface area contributed by atoms with Crippen molar-refractivity contribution in [3.05, 3.63) is 51.1 Å². The minimum Gasteiger partial charge on any atom is -0.406 e. The van der Waals surface area contributed by atoms with Crippen LogP contribution in [-0.2, 0) is 0 Å². The lowest BCUT2D eigenvalue weighted by Gasteiger charge is -2.10. The lowest BCUT2D eigenvalue weighted by atomic mass is 10.1. The van der Waals surface area contributed by atoms with Crippen LogP contribution < -0.4 is 4.74 Å². The molecule has 0 unspecified atom stereocenters. The van der Waals surface area contributed by atoms with E-state index in [-0.39, 0.29) is 16.9 Å². The molecule has 0 N–H and O–H groups in total. The molecular formula is C12H6BrF3N2O3. The van der Waals surface area contributed by atoms with Crippen molar-refractivity contribution in [1.82, 2.24) is 4.98 Å². The molecule has 2 aromatic rings. The van der Waals surface area contributed by atoms with Gasteiger partial charge in [-0.05, 0) is 28.1 Å². The largest absolute Gasteiger partial charge is 0.573 e. The summed E-state index contributed by atoms with van der Waals surface area (Å²) in [6, 6.07) is 6.06. The summed E-state index contributed by atoms with van der Waals surface area (Å²) in [5.41, 5.74) is -0.222. The molecule has 1 aromatic heterocycles. The van der Waals surface area contributed by atoms with E-state index in [9.17, 15) is 23.3 Å². The van der Waals surface area contributed by atoms with Crippen LogP contribution in [0.1, 0.15) is 0 Å². The standard InChI is InChI=1S/C12H6BrF3N2O3/c13-8-5-10(18(19)20)11(17-6-8)7-2-1-3-9(4-7)21-12(14,15)16/h1-6H. The number of hydrogen-bond acceptors (Lipinski definition) is 4. The van der Waals surface area contributed by atoms with E-state index < -0.39 is 17.0 Å². The summed E-state index contributed by atoms with van der Waals surface area (Å²) < 4.78 is 40.7. The maximum atomic E-state index is 12.2. The van der Waals surface area contributed by atoms with Gasteiger partial charge in [0.15, 0.2) is 0 Å². The third-order valence-electron chi connectivity index (χ3n) is 2.37. The van der Waals surface area contributed by atoms with Gasteiger partial charge in [-0.1, -0.05) is 12.1 Å². The molecule has 0 aliphatic carbocycles. The zero-order chi connectivity index (χ0) is 15.6. The summed E-state index contributed by atoms with van der Waals surface area (Å²) in [5.74, 6) is -0.473. The molecule has 0 spiro atoms. The van der Waals surface area contributed by atoms with Crippen LogP contribution in [0.4, 0.5) is 18.9 Å². The fourth-order valence-electron chi connectivity index (χ4n) is 1.63. The number of nitro groups is 1. The van der Waals surface area contributed by atoms with Crippen LogP contribution in [-0.4, -0.2) is 16.3 Å². The van der Waals surface area contributed by atoms with Gasteiger partial charge in [0, 0.05) is 22.3 Å². The van der Waals surface area contributed by atoms with Crippen molar-refractivity contribution in [3.63, 3.8) is 0 Å². The first kappa shape index (κ1) is 15.2. The summed E-state index contributed by atoms with van der Waals surface area (Å²) >= 11 is 3.05. The van der Waals surface area contributed by atoms with Crippen molar-refractivity contribution in [2.45, 2.75) is 6.36 Å². The van der Waals surface area contributed by atoms with Crippen LogP contribution in [0.25, 0.3) is 11.3 Å². The topological polar surface area (TPSA) is 65.3 Å². The molecular weight excluding hydrogens is 357 g/mol. The number of hydrogen-bond donors (Lipinski definition) is 0. The lowest BCUT2D eigenvalue weighted by Crippen LogP contribution is -2.17.